The molecule has 1 fully saturated rings. The Hall–Kier alpha value is -4.98. The average molecular weight is 526 g/mol. The van der Waals surface area contributed by atoms with E-state index in [0.717, 1.165) is 11.1 Å². The number of phenolic OH excluding ortho intramolecular Hbond substituents is 1. The number of hydrogen-bond acceptors (Lipinski definition) is 7. The van der Waals surface area contributed by atoms with Crippen LogP contribution in [0.15, 0.2) is 95.1 Å². The van der Waals surface area contributed by atoms with Gasteiger partial charge in [-0.3, -0.25) is 9.59 Å². The first-order chi connectivity index (χ1) is 18.9. The molecular formula is C31H27NO7. The fraction of sp³-hybridized carbons (Fsp3) is 0.161. The number of aliphatic hydroxyl groups excluding tert-OH is 1. The highest BCUT2D eigenvalue weighted by molar-refractivity contribution is 6.46. The number of ether oxygens (including phenoxy) is 2. The molecule has 39 heavy (non-hydrogen) atoms. The molecule has 1 amide bonds. The van der Waals surface area contributed by atoms with Gasteiger partial charge in [0.25, 0.3) is 11.7 Å². The summed E-state index contributed by atoms with van der Waals surface area (Å²) in [6.07, 6.45) is 1.48. The summed E-state index contributed by atoms with van der Waals surface area (Å²) in [4.78, 5) is 27.8. The number of likely N-dealkylation sites (tertiary alicyclic amines) is 1. The molecule has 0 bridgehead atoms. The van der Waals surface area contributed by atoms with E-state index in [0.29, 0.717) is 29.2 Å². The minimum Gasteiger partial charge on any atom is -0.507 e. The maximum atomic E-state index is 13.3. The number of methoxy groups -OCH3 is 1. The van der Waals surface area contributed by atoms with Gasteiger partial charge in [-0.2, -0.15) is 0 Å². The van der Waals surface area contributed by atoms with E-state index in [-0.39, 0.29) is 29.4 Å². The normalized spacial score (nSPS) is 16.5. The van der Waals surface area contributed by atoms with Gasteiger partial charge in [-0.15, -0.1) is 0 Å². The van der Waals surface area contributed by atoms with Crippen LogP contribution in [0.5, 0.6) is 17.2 Å². The number of carbonyl (C=O) groups is 2. The number of aryl methyl sites for hydroxylation is 1. The number of nitrogens with zero attached hydrogens (tertiary/aromatic N) is 1. The molecule has 1 aliphatic heterocycles. The molecule has 1 aliphatic rings. The lowest BCUT2D eigenvalue weighted by Crippen LogP contribution is -2.29. The molecule has 3 aromatic carbocycles. The molecule has 198 valence electrons. The van der Waals surface area contributed by atoms with Crippen molar-refractivity contribution in [2.45, 2.75) is 26.1 Å². The number of hydrogen-bond donors (Lipinski definition) is 2. The fourth-order valence-corrected chi connectivity index (χ4v) is 4.66. The van der Waals surface area contributed by atoms with Gasteiger partial charge >= 0.3 is 0 Å². The SMILES string of the molecule is COc1cc([C@@H]2C(=C(O)c3ccc(OCc4cccc(C)c4)cc3)C(=O)C(=O)N2Cc2ccco2)ccc1O. The maximum Gasteiger partial charge on any atom is 0.296 e. The third-order valence-corrected chi connectivity index (χ3v) is 6.58. The van der Waals surface area contributed by atoms with Crippen molar-refractivity contribution in [2.75, 3.05) is 7.11 Å². The highest BCUT2D eigenvalue weighted by Crippen LogP contribution is 2.42. The minimum absolute atomic E-state index is 0.00789. The van der Waals surface area contributed by atoms with Crippen molar-refractivity contribution in [3.63, 3.8) is 0 Å². The molecule has 8 nitrogen and oxygen atoms in total. The molecule has 2 heterocycles. The zero-order valence-corrected chi connectivity index (χ0v) is 21.5. The van der Waals surface area contributed by atoms with Crippen molar-refractivity contribution in [2.24, 2.45) is 0 Å². The molecule has 0 saturated carbocycles. The molecule has 2 N–H and O–H groups in total. The second kappa shape index (κ2) is 10.8. The molecule has 4 aromatic rings. The molecule has 8 heteroatoms. The van der Waals surface area contributed by atoms with E-state index in [9.17, 15) is 19.8 Å². The lowest BCUT2D eigenvalue weighted by Gasteiger charge is -2.25. The van der Waals surface area contributed by atoms with E-state index < -0.39 is 17.7 Å². The fourth-order valence-electron chi connectivity index (χ4n) is 4.66. The summed E-state index contributed by atoms with van der Waals surface area (Å²) in [7, 11) is 1.40. The quantitative estimate of drug-likeness (QED) is 0.178. The van der Waals surface area contributed by atoms with Gasteiger partial charge in [0, 0.05) is 5.56 Å². The van der Waals surface area contributed by atoms with Crippen LogP contribution in [-0.4, -0.2) is 33.9 Å². The first kappa shape index (κ1) is 25.7. The third-order valence-electron chi connectivity index (χ3n) is 6.58. The average Bonchev–Trinajstić information content (AvgIpc) is 3.55. The number of amides is 1. The van der Waals surface area contributed by atoms with Crippen LogP contribution in [0, 0.1) is 6.92 Å². The Labute approximate surface area is 225 Å². The van der Waals surface area contributed by atoms with Crippen LogP contribution < -0.4 is 9.47 Å². The van der Waals surface area contributed by atoms with Crippen LogP contribution in [0.2, 0.25) is 0 Å². The van der Waals surface area contributed by atoms with Crippen LogP contribution in [0.3, 0.4) is 0 Å². The second-order valence-corrected chi connectivity index (χ2v) is 9.24. The number of benzene rings is 3. The molecule has 0 aliphatic carbocycles. The highest BCUT2D eigenvalue weighted by atomic mass is 16.5. The predicted molar refractivity (Wildman–Crippen MR) is 143 cm³/mol. The molecule has 5 rings (SSSR count). The molecule has 1 saturated heterocycles. The van der Waals surface area contributed by atoms with Crippen LogP contribution in [0.1, 0.15) is 34.1 Å². The third kappa shape index (κ3) is 5.22. The maximum absolute atomic E-state index is 13.3. The van der Waals surface area contributed by atoms with E-state index in [1.807, 2.05) is 31.2 Å². The number of carbonyl (C=O) groups excluding carboxylic acids is 2. The van der Waals surface area contributed by atoms with Crippen molar-refractivity contribution in [3.05, 3.63) is 119 Å². The molecule has 1 atom stereocenters. The summed E-state index contributed by atoms with van der Waals surface area (Å²) >= 11 is 0. The number of aromatic hydroxyl groups is 1. The Kier molecular flexibility index (Phi) is 7.10. The van der Waals surface area contributed by atoms with Crippen LogP contribution in [0.25, 0.3) is 5.76 Å². The number of Topliss-reactive ketones (excluding diaryl/α,β-unsaturated/α-hetero) is 1. The minimum atomic E-state index is -0.943. The Morgan fingerprint density at radius 1 is 1.00 bits per heavy atom. The lowest BCUT2D eigenvalue weighted by atomic mass is 9.95. The van der Waals surface area contributed by atoms with Crippen LogP contribution in [0.4, 0.5) is 0 Å². The van der Waals surface area contributed by atoms with E-state index in [4.69, 9.17) is 13.9 Å². The monoisotopic (exact) mass is 525 g/mol. The van der Waals surface area contributed by atoms with Crippen molar-refractivity contribution in [3.8, 4) is 17.2 Å². The number of aliphatic hydroxyl groups is 1. The van der Waals surface area contributed by atoms with Crippen molar-refractivity contribution in [1.82, 2.24) is 4.90 Å². The van der Waals surface area contributed by atoms with Gasteiger partial charge in [0.05, 0.1) is 31.5 Å². The zero-order valence-electron chi connectivity index (χ0n) is 21.5. The van der Waals surface area contributed by atoms with Gasteiger partial charge in [-0.05, 0) is 66.6 Å². The molecule has 1 aromatic heterocycles. The van der Waals surface area contributed by atoms with Crippen LogP contribution in [-0.2, 0) is 22.7 Å². The Morgan fingerprint density at radius 3 is 2.49 bits per heavy atom. The summed E-state index contributed by atoms with van der Waals surface area (Å²) < 4.78 is 16.5. The largest absolute Gasteiger partial charge is 0.507 e. The number of rotatable bonds is 8. The highest BCUT2D eigenvalue weighted by Gasteiger charge is 2.46. The topological polar surface area (TPSA) is 109 Å². The second-order valence-electron chi connectivity index (χ2n) is 9.24. The Balaban J connectivity index is 1.49. The summed E-state index contributed by atoms with van der Waals surface area (Å²) in [6, 6.07) is 21.6. The van der Waals surface area contributed by atoms with Gasteiger partial charge in [0.2, 0.25) is 0 Å². The van der Waals surface area contributed by atoms with Gasteiger partial charge < -0.3 is 29.0 Å². The summed E-state index contributed by atoms with van der Waals surface area (Å²) in [6.45, 7) is 2.41. The number of ketones is 1. The van der Waals surface area contributed by atoms with Crippen molar-refractivity contribution in [1.29, 1.82) is 0 Å². The Bertz CT molecular complexity index is 1540. The van der Waals surface area contributed by atoms with Crippen LogP contribution >= 0.6 is 0 Å². The molecule has 0 spiro atoms. The lowest BCUT2D eigenvalue weighted by molar-refractivity contribution is -0.140. The first-order valence-electron chi connectivity index (χ1n) is 12.3. The zero-order chi connectivity index (χ0) is 27.5. The first-order valence-corrected chi connectivity index (χ1v) is 12.3. The smallest absolute Gasteiger partial charge is 0.296 e. The van der Waals surface area contributed by atoms with Gasteiger partial charge in [-0.25, -0.2) is 0 Å². The standard InChI is InChI=1S/C31H27NO7/c1-19-5-3-6-20(15-19)18-39-23-11-8-21(9-12-23)29(34)27-28(22-10-13-25(33)26(16-22)37-2)32(31(36)30(27)35)17-24-7-4-14-38-24/h3-16,28,33-34H,17-18H2,1-2H3/t28-/m1/s1. The Morgan fingerprint density at radius 2 is 1.79 bits per heavy atom. The van der Waals surface area contributed by atoms with Gasteiger partial charge in [-0.1, -0.05) is 35.9 Å². The molecule has 0 unspecified atom stereocenters. The number of furan rings is 1. The van der Waals surface area contributed by atoms with Crippen molar-refractivity contribution < 1.29 is 33.7 Å². The summed E-state index contributed by atoms with van der Waals surface area (Å²) in [5.74, 6) is -0.776. The van der Waals surface area contributed by atoms with E-state index >= 15 is 0 Å². The predicted octanol–water partition coefficient (Wildman–Crippen LogP) is 5.50. The van der Waals surface area contributed by atoms with Crippen molar-refractivity contribution >= 4 is 17.4 Å². The number of phenols is 1. The van der Waals surface area contributed by atoms with Gasteiger partial charge in [0.1, 0.15) is 23.9 Å². The van der Waals surface area contributed by atoms with E-state index in [1.54, 1.807) is 42.5 Å². The van der Waals surface area contributed by atoms with Gasteiger partial charge in [0.15, 0.2) is 11.5 Å². The van der Waals surface area contributed by atoms with E-state index in [1.165, 1.54) is 30.4 Å². The summed E-state index contributed by atoms with van der Waals surface area (Å²) in [5.41, 5.74) is 2.93. The summed E-state index contributed by atoms with van der Waals surface area (Å²) in [5, 5.41) is 21.4. The van der Waals surface area contributed by atoms with E-state index in [2.05, 4.69) is 0 Å². The molecule has 0 radical (unpaired) electrons. The molecular weight excluding hydrogens is 498 g/mol.